The Kier molecular flexibility index (Phi) is 7.50. The van der Waals surface area contributed by atoms with Gasteiger partial charge in [0.25, 0.3) is 0 Å². The van der Waals surface area contributed by atoms with Crippen LogP contribution in [0.2, 0.25) is 0 Å². The Morgan fingerprint density at radius 3 is 2.35 bits per heavy atom. The fourth-order valence-electron chi connectivity index (χ4n) is 1.72. The minimum Gasteiger partial charge on any atom is -0.490 e. The van der Waals surface area contributed by atoms with Gasteiger partial charge in [-0.15, -0.1) is 0 Å². The van der Waals surface area contributed by atoms with E-state index < -0.39 is 0 Å². The van der Waals surface area contributed by atoms with Crippen LogP contribution in [-0.2, 0) is 9.53 Å². The molecule has 0 N–H and O–H groups in total. The molecule has 112 valence electrons. The van der Waals surface area contributed by atoms with Crippen LogP contribution >= 0.6 is 0 Å². The van der Waals surface area contributed by atoms with Gasteiger partial charge in [0, 0.05) is 6.54 Å². The van der Waals surface area contributed by atoms with E-state index in [0.717, 1.165) is 18.0 Å². The van der Waals surface area contributed by atoms with Crippen molar-refractivity contribution in [2.45, 2.75) is 13.8 Å². The van der Waals surface area contributed by atoms with Crippen LogP contribution in [0.3, 0.4) is 0 Å². The third-order valence-electron chi connectivity index (χ3n) is 2.84. The van der Waals surface area contributed by atoms with Crippen molar-refractivity contribution in [3.63, 3.8) is 0 Å². The molecule has 0 bridgehead atoms. The van der Waals surface area contributed by atoms with Crippen molar-refractivity contribution in [2.75, 3.05) is 40.0 Å². The number of rotatable bonds is 9. The summed E-state index contributed by atoms with van der Waals surface area (Å²) < 4.78 is 15.9. The van der Waals surface area contributed by atoms with E-state index in [2.05, 4.69) is 4.74 Å². The number of esters is 1. The van der Waals surface area contributed by atoms with Crippen LogP contribution in [0.25, 0.3) is 0 Å². The van der Waals surface area contributed by atoms with E-state index in [-0.39, 0.29) is 12.5 Å². The van der Waals surface area contributed by atoms with Gasteiger partial charge in [0.2, 0.25) is 0 Å². The maximum absolute atomic E-state index is 11.2. The fraction of sp³-hybridized carbons (Fsp3) is 0.533. The van der Waals surface area contributed by atoms with Crippen molar-refractivity contribution in [3.8, 4) is 11.5 Å². The van der Waals surface area contributed by atoms with Gasteiger partial charge in [-0.25, -0.2) is 0 Å². The molecule has 0 spiro atoms. The summed E-state index contributed by atoms with van der Waals surface area (Å²) in [5, 5.41) is 0. The third-order valence-corrected chi connectivity index (χ3v) is 2.84. The summed E-state index contributed by atoms with van der Waals surface area (Å²) in [7, 11) is 1.39. The van der Waals surface area contributed by atoms with Crippen molar-refractivity contribution in [2.24, 2.45) is 0 Å². The van der Waals surface area contributed by atoms with Gasteiger partial charge in [-0.05, 0) is 25.6 Å². The average Bonchev–Trinajstić information content (AvgIpc) is 2.48. The maximum Gasteiger partial charge on any atom is 0.319 e. The Bertz CT molecular complexity index is 409. The Hall–Kier alpha value is -1.75. The molecule has 5 nitrogen and oxygen atoms in total. The van der Waals surface area contributed by atoms with Crippen LogP contribution < -0.4 is 9.47 Å². The zero-order chi connectivity index (χ0) is 14.8. The SMILES string of the molecule is CCOc1ccccc1OCCN(CC)CC(=O)OC. The molecule has 5 heteroatoms. The molecule has 0 heterocycles. The van der Waals surface area contributed by atoms with Gasteiger partial charge in [0.1, 0.15) is 6.61 Å². The first-order valence-electron chi connectivity index (χ1n) is 6.85. The molecule has 0 aliphatic heterocycles. The molecule has 1 aromatic rings. The minimum atomic E-state index is -0.235. The quantitative estimate of drug-likeness (QED) is 0.648. The van der Waals surface area contributed by atoms with Crippen molar-refractivity contribution in [3.05, 3.63) is 24.3 Å². The lowest BCUT2D eigenvalue weighted by Crippen LogP contribution is -2.33. The normalized spacial score (nSPS) is 10.4. The van der Waals surface area contributed by atoms with Crippen molar-refractivity contribution in [1.29, 1.82) is 0 Å². The largest absolute Gasteiger partial charge is 0.490 e. The van der Waals surface area contributed by atoms with Crippen LogP contribution in [0.1, 0.15) is 13.8 Å². The van der Waals surface area contributed by atoms with Gasteiger partial charge < -0.3 is 14.2 Å². The molecular formula is C15H23NO4. The van der Waals surface area contributed by atoms with Gasteiger partial charge in [-0.3, -0.25) is 9.69 Å². The van der Waals surface area contributed by atoms with E-state index in [1.54, 1.807) is 0 Å². The molecule has 1 rings (SSSR count). The van der Waals surface area contributed by atoms with Crippen molar-refractivity contribution < 1.29 is 19.0 Å². The highest BCUT2D eigenvalue weighted by Gasteiger charge is 2.10. The lowest BCUT2D eigenvalue weighted by Gasteiger charge is -2.19. The molecule has 1 aromatic carbocycles. The smallest absolute Gasteiger partial charge is 0.319 e. The highest BCUT2D eigenvalue weighted by Crippen LogP contribution is 2.26. The monoisotopic (exact) mass is 281 g/mol. The first-order chi connectivity index (χ1) is 9.71. The Morgan fingerprint density at radius 2 is 1.80 bits per heavy atom. The number of hydrogen-bond acceptors (Lipinski definition) is 5. The number of hydrogen-bond donors (Lipinski definition) is 0. The number of methoxy groups -OCH3 is 1. The molecular weight excluding hydrogens is 258 g/mol. The zero-order valence-corrected chi connectivity index (χ0v) is 12.4. The predicted molar refractivity (Wildman–Crippen MR) is 77.2 cm³/mol. The second kappa shape index (κ2) is 9.20. The van der Waals surface area contributed by atoms with Gasteiger partial charge in [0.05, 0.1) is 20.3 Å². The predicted octanol–water partition coefficient (Wildman–Crippen LogP) is 1.96. The molecule has 0 unspecified atom stereocenters. The van der Waals surface area contributed by atoms with Crippen LogP contribution in [0.5, 0.6) is 11.5 Å². The number of ether oxygens (including phenoxy) is 3. The summed E-state index contributed by atoms with van der Waals surface area (Å²) in [6.45, 7) is 6.74. The van der Waals surface area contributed by atoms with Crippen molar-refractivity contribution >= 4 is 5.97 Å². The fourth-order valence-corrected chi connectivity index (χ4v) is 1.72. The summed E-state index contributed by atoms with van der Waals surface area (Å²) in [5.41, 5.74) is 0. The molecule has 0 saturated carbocycles. The number of para-hydroxylation sites is 2. The topological polar surface area (TPSA) is 48.0 Å². The molecule has 0 radical (unpaired) electrons. The highest BCUT2D eigenvalue weighted by atomic mass is 16.5. The van der Waals surface area contributed by atoms with Crippen molar-refractivity contribution in [1.82, 2.24) is 4.90 Å². The van der Waals surface area contributed by atoms with E-state index in [4.69, 9.17) is 9.47 Å². The summed E-state index contributed by atoms with van der Waals surface area (Å²) in [6.07, 6.45) is 0. The number of carbonyl (C=O) groups is 1. The first kappa shape index (κ1) is 16.3. The molecule has 0 aliphatic carbocycles. The molecule has 0 fully saturated rings. The zero-order valence-electron chi connectivity index (χ0n) is 12.4. The van der Waals surface area contributed by atoms with E-state index in [1.807, 2.05) is 43.0 Å². The summed E-state index contributed by atoms with van der Waals surface area (Å²) in [6, 6.07) is 7.57. The van der Waals surface area contributed by atoms with Crippen LogP contribution in [0.4, 0.5) is 0 Å². The molecule has 20 heavy (non-hydrogen) atoms. The summed E-state index contributed by atoms with van der Waals surface area (Å²) >= 11 is 0. The lowest BCUT2D eigenvalue weighted by atomic mass is 10.3. The number of nitrogens with zero attached hydrogens (tertiary/aromatic N) is 1. The number of likely N-dealkylation sites (N-methyl/N-ethyl adjacent to an activating group) is 1. The molecule has 0 aromatic heterocycles. The maximum atomic E-state index is 11.2. The van der Waals surface area contributed by atoms with Crippen LogP contribution in [0.15, 0.2) is 24.3 Å². The Balaban J connectivity index is 2.44. The van der Waals surface area contributed by atoms with Gasteiger partial charge in [-0.1, -0.05) is 19.1 Å². The molecule has 0 atom stereocenters. The second-order valence-electron chi connectivity index (χ2n) is 4.17. The number of benzene rings is 1. The summed E-state index contributed by atoms with van der Waals surface area (Å²) in [4.78, 5) is 13.2. The molecule has 0 saturated heterocycles. The third kappa shape index (κ3) is 5.48. The van der Waals surface area contributed by atoms with E-state index in [1.165, 1.54) is 7.11 Å². The minimum absolute atomic E-state index is 0.235. The molecule has 0 amide bonds. The van der Waals surface area contributed by atoms with E-state index in [9.17, 15) is 4.79 Å². The lowest BCUT2D eigenvalue weighted by molar-refractivity contribution is -0.141. The van der Waals surface area contributed by atoms with E-state index >= 15 is 0 Å². The Labute approximate surface area is 120 Å². The van der Waals surface area contributed by atoms with Gasteiger partial charge in [-0.2, -0.15) is 0 Å². The van der Waals surface area contributed by atoms with Gasteiger partial charge >= 0.3 is 5.97 Å². The van der Waals surface area contributed by atoms with Crippen LogP contribution in [-0.4, -0.2) is 50.8 Å². The second-order valence-corrected chi connectivity index (χ2v) is 4.17. The number of carbonyl (C=O) groups excluding carboxylic acids is 1. The van der Waals surface area contributed by atoms with Gasteiger partial charge in [0.15, 0.2) is 11.5 Å². The summed E-state index contributed by atoms with van der Waals surface area (Å²) in [5.74, 6) is 1.23. The first-order valence-corrected chi connectivity index (χ1v) is 6.85. The molecule has 0 aliphatic rings. The van der Waals surface area contributed by atoms with Crippen LogP contribution in [0, 0.1) is 0 Å². The average molecular weight is 281 g/mol. The standard InChI is InChI=1S/C15H23NO4/c1-4-16(12-15(17)18-3)10-11-20-14-9-7-6-8-13(14)19-5-2/h6-9H,4-5,10-12H2,1-3H3. The Morgan fingerprint density at radius 1 is 1.15 bits per heavy atom. The van der Waals surface area contributed by atoms with E-state index in [0.29, 0.717) is 19.8 Å². The highest BCUT2D eigenvalue weighted by molar-refractivity contribution is 5.71.